The predicted molar refractivity (Wildman–Crippen MR) is 92.0 cm³/mol. The van der Waals surface area contributed by atoms with Gasteiger partial charge in [0.2, 0.25) is 17.7 Å². The molecule has 126 valence electrons. The average Bonchev–Trinajstić information content (AvgIpc) is 2.60. The fourth-order valence-corrected chi connectivity index (χ4v) is 2.69. The maximum atomic E-state index is 11.4. The second kappa shape index (κ2) is 7.29. The Morgan fingerprint density at radius 3 is 2.50 bits per heavy atom. The minimum atomic E-state index is 0.117. The number of hydrogen-bond acceptors (Lipinski definition) is 5. The lowest BCUT2D eigenvalue weighted by atomic mass is 10.2. The molecule has 0 atom stereocenters. The van der Waals surface area contributed by atoms with Crippen molar-refractivity contribution in [3.05, 3.63) is 47.7 Å². The number of ether oxygens (including phenoxy) is 1. The van der Waals surface area contributed by atoms with Crippen LogP contribution < -0.4 is 9.64 Å². The molecule has 2 aromatic rings. The van der Waals surface area contributed by atoms with E-state index >= 15 is 0 Å². The molecule has 0 N–H and O–H groups in total. The van der Waals surface area contributed by atoms with Crippen LogP contribution in [-0.4, -0.2) is 47.0 Å². The molecule has 24 heavy (non-hydrogen) atoms. The summed E-state index contributed by atoms with van der Waals surface area (Å²) in [5.41, 5.74) is 1.97. The summed E-state index contributed by atoms with van der Waals surface area (Å²) >= 11 is 0. The van der Waals surface area contributed by atoms with E-state index in [0.29, 0.717) is 31.5 Å². The number of benzene rings is 1. The first-order valence-electron chi connectivity index (χ1n) is 8.15. The summed E-state index contributed by atoms with van der Waals surface area (Å²) in [6, 6.07) is 11.9. The summed E-state index contributed by atoms with van der Waals surface area (Å²) in [7, 11) is 0. The number of aromatic nitrogens is 2. The topological polar surface area (TPSA) is 58.6 Å². The molecule has 0 saturated carbocycles. The molecule has 2 heterocycles. The van der Waals surface area contributed by atoms with E-state index in [2.05, 4.69) is 14.9 Å². The summed E-state index contributed by atoms with van der Waals surface area (Å²) in [6.45, 7) is 6.90. The fraction of sp³-hybridized carbons (Fsp3) is 0.389. The van der Waals surface area contributed by atoms with Crippen LogP contribution >= 0.6 is 0 Å². The van der Waals surface area contributed by atoms with Crippen LogP contribution in [0.4, 0.5) is 5.95 Å². The minimum Gasteiger partial charge on any atom is -0.473 e. The molecule has 1 aliphatic rings. The largest absolute Gasteiger partial charge is 0.473 e. The van der Waals surface area contributed by atoms with Gasteiger partial charge < -0.3 is 14.5 Å². The number of rotatable bonds is 4. The fourth-order valence-electron chi connectivity index (χ4n) is 2.69. The SMILES string of the molecule is CC(=O)N1CCN(c2nc(C)cc(OCc3ccccc3)n2)CC1. The predicted octanol–water partition coefficient (Wildman–Crippen LogP) is 2.03. The van der Waals surface area contributed by atoms with Crippen molar-refractivity contribution in [1.82, 2.24) is 14.9 Å². The standard InChI is InChI=1S/C18H22N4O2/c1-14-12-17(24-13-16-6-4-3-5-7-16)20-18(19-14)22-10-8-21(9-11-22)15(2)23/h3-7,12H,8-11,13H2,1-2H3. The van der Waals surface area contributed by atoms with Crippen LogP contribution in [0.15, 0.2) is 36.4 Å². The molecule has 3 rings (SSSR count). The number of nitrogens with zero attached hydrogens (tertiary/aromatic N) is 4. The number of carbonyl (C=O) groups is 1. The molecule has 0 spiro atoms. The van der Waals surface area contributed by atoms with Gasteiger partial charge in [-0.1, -0.05) is 30.3 Å². The van der Waals surface area contributed by atoms with Gasteiger partial charge in [-0.15, -0.1) is 0 Å². The van der Waals surface area contributed by atoms with Gasteiger partial charge >= 0.3 is 0 Å². The Bertz CT molecular complexity index is 697. The van der Waals surface area contributed by atoms with Crippen LogP contribution in [0, 0.1) is 6.92 Å². The second-order valence-electron chi connectivity index (χ2n) is 5.91. The Hall–Kier alpha value is -2.63. The van der Waals surface area contributed by atoms with Crippen molar-refractivity contribution in [3.63, 3.8) is 0 Å². The van der Waals surface area contributed by atoms with E-state index in [4.69, 9.17) is 4.74 Å². The van der Waals surface area contributed by atoms with E-state index in [-0.39, 0.29) is 5.91 Å². The van der Waals surface area contributed by atoms with Crippen molar-refractivity contribution in [2.24, 2.45) is 0 Å². The maximum absolute atomic E-state index is 11.4. The monoisotopic (exact) mass is 326 g/mol. The summed E-state index contributed by atoms with van der Waals surface area (Å²) in [4.78, 5) is 24.4. The molecule has 6 nitrogen and oxygen atoms in total. The van der Waals surface area contributed by atoms with Crippen molar-refractivity contribution in [2.75, 3.05) is 31.1 Å². The number of piperazine rings is 1. The molecule has 1 amide bonds. The van der Waals surface area contributed by atoms with Crippen LogP contribution in [-0.2, 0) is 11.4 Å². The molecule has 1 saturated heterocycles. The molecule has 0 aliphatic carbocycles. The van der Waals surface area contributed by atoms with E-state index in [0.717, 1.165) is 24.3 Å². The highest BCUT2D eigenvalue weighted by atomic mass is 16.5. The highest BCUT2D eigenvalue weighted by Crippen LogP contribution is 2.18. The van der Waals surface area contributed by atoms with E-state index in [1.54, 1.807) is 6.92 Å². The molecule has 1 aromatic carbocycles. The van der Waals surface area contributed by atoms with Gasteiger partial charge in [0, 0.05) is 44.9 Å². The molecule has 1 aliphatic heterocycles. The summed E-state index contributed by atoms with van der Waals surface area (Å²) in [6.07, 6.45) is 0. The lowest BCUT2D eigenvalue weighted by Gasteiger charge is -2.34. The highest BCUT2D eigenvalue weighted by molar-refractivity contribution is 5.73. The third-order valence-electron chi connectivity index (χ3n) is 4.06. The van der Waals surface area contributed by atoms with Gasteiger partial charge in [-0.25, -0.2) is 4.98 Å². The lowest BCUT2D eigenvalue weighted by Crippen LogP contribution is -2.48. The van der Waals surface area contributed by atoms with Crippen LogP contribution in [0.1, 0.15) is 18.2 Å². The Balaban J connectivity index is 1.67. The van der Waals surface area contributed by atoms with Gasteiger partial charge in [0.15, 0.2) is 0 Å². The van der Waals surface area contributed by atoms with Crippen LogP contribution in [0.25, 0.3) is 0 Å². The van der Waals surface area contributed by atoms with Crippen LogP contribution in [0.5, 0.6) is 5.88 Å². The smallest absolute Gasteiger partial charge is 0.228 e. The van der Waals surface area contributed by atoms with Crippen molar-refractivity contribution < 1.29 is 9.53 Å². The Labute approximate surface area is 142 Å². The molecule has 6 heteroatoms. The maximum Gasteiger partial charge on any atom is 0.228 e. The van der Waals surface area contributed by atoms with Crippen LogP contribution in [0.2, 0.25) is 0 Å². The third-order valence-corrected chi connectivity index (χ3v) is 4.06. The van der Waals surface area contributed by atoms with Crippen molar-refractivity contribution in [3.8, 4) is 5.88 Å². The van der Waals surface area contributed by atoms with Crippen molar-refractivity contribution in [1.29, 1.82) is 0 Å². The van der Waals surface area contributed by atoms with Crippen molar-refractivity contribution >= 4 is 11.9 Å². The van der Waals surface area contributed by atoms with E-state index < -0.39 is 0 Å². The zero-order valence-corrected chi connectivity index (χ0v) is 14.1. The summed E-state index contributed by atoms with van der Waals surface area (Å²) in [5.74, 6) is 1.36. The van der Waals surface area contributed by atoms with Crippen LogP contribution in [0.3, 0.4) is 0 Å². The molecule has 1 fully saturated rings. The Morgan fingerprint density at radius 2 is 1.83 bits per heavy atom. The van der Waals surface area contributed by atoms with E-state index in [9.17, 15) is 4.79 Å². The van der Waals surface area contributed by atoms with Gasteiger partial charge in [0.1, 0.15) is 6.61 Å². The normalized spacial score (nSPS) is 14.6. The van der Waals surface area contributed by atoms with Gasteiger partial charge in [-0.3, -0.25) is 4.79 Å². The highest BCUT2D eigenvalue weighted by Gasteiger charge is 2.21. The number of amides is 1. The van der Waals surface area contributed by atoms with Gasteiger partial charge in [-0.2, -0.15) is 4.98 Å². The van der Waals surface area contributed by atoms with E-state index in [1.165, 1.54) is 0 Å². The first-order valence-corrected chi connectivity index (χ1v) is 8.15. The molecular formula is C18H22N4O2. The molecule has 0 bridgehead atoms. The van der Waals surface area contributed by atoms with Crippen molar-refractivity contribution in [2.45, 2.75) is 20.5 Å². The third kappa shape index (κ3) is 4.01. The molecular weight excluding hydrogens is 304 g/mol. The van der Waals surface area contributed by atoms with Gasteiger partial charge in [0.05, 0.1) is 0 Å². The molecule has 1 aromatic heterocycles. The lowest BCUT2D eigenvalue weighted by molar-refractivity contribution is -0.129. The number of hydrogen-bond donors (Lipinski definition) is 0. The first-order chi connectivity index (χ1) is 11.6. The average molecular weight is 326 g/mol. The quantitative estimate of drug-likeness (QED) is 0.860. The van der Waals surface area contributed by atoms with Gasteiger partial charge in [0.25, 0.3) is 0 Å². The summed E-state index contributed by atoms with van der Waals surface area (Å²) < 4.78 is 5.82. The summed E-state index contributed by atoms with van der Waals surface area (Å²) in [5, 5.41) is 0. The molecule has 0 radical (unpaired) electrons. The minimum absolute atomic E-state index is 0.117. The van der Waals surface area contributed by atoms with E-state index in [1.807, 2.05) is 48.2 Å². The Kier molecular flexibility index (Phi) is 4.93. The number of anilines is 1. The first kappa shape index (κ1) is 16.2. The van der Waals surface area contributed by atoms with Gasteiger partial charge in [-0.05, 0) is 12.5 Å². The zero-order valence-electron chi connectivity index (χ0n) is 14.1. The molecule has 0 unspecified atom stereocenters. The number of carbonyl (C=O) groups excluding carboxylic acids is 1. The number of aryl methyl sites for hydroxylation is 1. The second-order valence-corrected chi connectivity index (χ2v) is 5.91. The Morgan fingerprint density at radius 1 is 1.12 bits per heavy atom. The zero-order chi connectivity index (χ0) is 16.9.